The van der Waals surface area contributed by atoms with Crippen LogP contribution in [0.3, 0.4) is 0 Å². The third-order valence-corrected chi connectivity index (χ3v) is 7.60. The van der Waals surface area contributed by atoms with E-state index >= 15 is 0 Å². The average Bonchev–Trinajstić information content (AvgIpc) is 3.31. The van der Waals surface area contributed by atoms with E-state index in [0.717, 1.165) is 11.3 Å². The molecule has 0 fully saturated rings. The molecule has 4 heterocycles. The Bertz CT molecular complexity index is 1070. The van der Waals surface area contributed by atoms with E-state index in [2.05, 4.69) is 51.7 Å². The van der Waals surface area contributed by atoms with E-state index in [9.17, 15) is 4.79 Å². The lowest BCUT2D eigenvalue weighted by Crippen LogP contribution is -2.53. The zero-order valence-corrected chi connectivity index (χ0v) is 17.3. The van der Waals surface area contributed by atoms with Gasteiger partial charge in [-0.05, 0) is 25.5 Å². The monoisotopic (exact) mass is 398 g/mol. The molecule has 0 aliphatic carbocycles. The summed E-state index contributed by atoms with van der Waals surface area (Å²) in [6, 6.07) is 8.05. The van der Waals surface area contributed by atoms with Gasteiger partial charge in [0.15, 0.2) is 0 Å². The second-order valence-corrected chi connectivity index (χ2v) is 9.15. The maximum absolute atomic E-state index is 12.8. The molecular weight excluding hydrogens is 375 g/mol. The van der Waals surface area contributed by atoms with E-state index in [4.69, 9.17) is 14.2 Å². The van der Waals surface area contributed by atoms with Gasteiger partial charge in [-0.2, -0.15) is 0 Å². The molecule has 1 unspecified atom stereocenters. The number of ether oxygens (including phenoxy) is 1. The molecule has 2 aliphatic heterocycles. The zero-order chi connectivity index (χ0) is 19.6. The lowest BCUT2D eigenvalue weighted by Gasteiger charge is -2.46. The molecule has 2 aliphatic rings. The largest absolute Gasteiger partial charge is 0.468 e. The van der Waals surface area contributed by atoms with Crippen LogP contribution in [0.15, 0.2) is 36.7 Å². The van der Waals surface area contributed by atoms with Gasteiger partial charge in [0.05, 0.1) is 18.3 Å². The summed E-state index contributed by atoms with van der Waals surface area (Å²) >= 11 is 0. The van der Waals surface area contributed by atoms with E-state index in [1.807, 2.05) is 12.4 Å². The molecule has 8 heteroatoms. The van der Waals surface area contributed by atoms with Gasteiger partial charge in [-0.1, -0.05) is 18.2 Å². The predicted molar refractivity (Wildman–Crippen MR) is 107 cm³/mol. The molecule has 1 aromatic carbocycles. The smallest absolute Gasteiger partial charge is 0.323 e. The first kappa shape index (κ1) is 17.9. The first-order chi connectivity index (χ1) is 13.6. The van der Waals surface area contributed by atoms with E-state index < -0.39 is 8.45 Å². The van der Waals surface area contributed by atoms with Crippen LogP contribution in [0.2, 0.25) is 0 Å². The van der Waals surface area contributed by atoms with Crippen molar-refractivity contribution in [2.45, 2.75) is 38.4 Å². The third kappa shape index (κ3) is 2.21. The number of carbonyl (C=O) groups is 1. The fourth-order valence-electron chi connectivity index (χ4n) is 4.78. The van der Waals surface area contributed by atoms with Crippen molar-refractivity contribution in [3.05, 3.63) is 53.7 Å². The number of nitrogens with zero attached hydrogens (tertiary/aromatic N) is 4. The molecule has 146 valence electrons. The van der Waals surface area contributed by atoms with Crippen molar-refractivity contribution in [3.63, 3.8) is 0 Å². The van der Waals surface area contributed by atoms with Gasteiger partial charge in [0.25, 0.3) is 8.45 Å². The van der Waals surface area contributed by atoms with Crippen molar-refractivity contribution in [1.82, 2.24) is 18.6 Å². The number of hydrogen-bond acceptors (Lipinski definition) is 5. The molecule has 0 radical (unpaired) electrons. The number of carbonyl (C=O) groups excluding carboxylic acids is 1. The standard InChI is InChI=1S/C20H23N4O3P/c1-12(2)23-16(20(25)26-3)11-14-13-7-5-6-8-15(13)24-17(14)18(23)19-21-9-10-22(19)28(24)27-4/h5-10,12,16,18H,11H2,1-4H3/t16-,18-,28?/m0/s1. The molecule has 2 aromatic heterocycles. The molecule has 28 heavy (non-hydrogen) atoms. The first-order valence-corrected chi connectivity index (χ1v) is 10.6. The number of aromatic nitrogens is 3. The van der Waals surface area contributed by atoms with E-state index in [1.165, 1.54) is 23.8 Å². The number of benzene rings is 1. The molecule has 0 saturated heterocycles. The average molecular weight is 398 g/mol. The fourth-order valence-corrected chi connectivity index (χ4v) is 6.59. The van der Waals surface area contributed by atoms with Crippen LogP contribution in [0.25, 0.3) is 10.9 Å². The number of rotatable bonds is 3. The van der Waals surface area contributed by atoms with Crippen LogP contribution in [0, 0.1) is 0 Å². The van der Waals surface area contributed by atoms with Crippen LogP contribution in [0.4, 0.5) is 0 Å². The number of esters is 1. The summed E-state index contributed by atoms with van der Waals surface area (Å²) in [6.45, 7) is 4.24. The highest BCUT2D eigenvalue weighted by Crippen LogP contribution is 2.56. The summed E-state index contributed by atoms with van der Waals surface area (Å²) in [6.07, 6.45) is 4.41. The van der Waals surface area contributed by atoms with Crippen molar-refractivity contribution >= 4 is 25.3 Å². The Morgan fingerprint density at radius 3 is 2.79 bits per heavy atom. The predicted octanol–water partition coefficient (Wildman–Crippen LogP) is 3.32. The highest BCUT2D eigenvalue weighted by Gasteiger charge is 2.49. The van der Waals surface area contributed by atoms with Crippen molar-refractivity contribution in [2.24, 2.45) is 0 Å². The van der Waals surface area contributed by atoms with Gasteiger partial charge in [-0.3, -0.25) is 18.4 Å². The van der Waals surface area contributed by atoms with Crippen LogP contribution in [-0.2, 0) is 20.5 Å². The second-order valence-electron chi connectivity index (χ2n) is 7.44. The van der Waals surface area contributed by atoms with Crippen LogP contribution >= 0.6 is 8.45 Å². The lowest BCUT2D eigenvalue weighted by molar-refractivity contribution is -0.149. The summed E-state index contributed by atoms with van der Waals surface area (Å²) in [7, 11) is 2.13. The van der Waals surface area contributed by atoms with Crippen LogP contribution in [-0.4, -0.2) is 50.8 Å². The Morgan fingerprint density at radius 1 is 1.29 bits per heavy atom. The second kappa shape index (κ2) is 6.41. The summed E-state index contributed by atoms with van der Waals surface area (Å²) < 4.78 is 15.6. The number of hydrogen-bond donors (Lipinski definition) is 0. The molecule has 0 bridgehead atoms. The maximum Gasteiger partial charge on any atom is 0.323 e. The molecular formula is C20H23N4O3P. The number of imidazole rings is 1. The molecule has 0 spiro atoms. The molecule has 0 N–H and O–H groups in total. The van der Waals surface area contributed by atoms with Gasteiger partial charge < -0.3 is 9.26 Å². The number of fused-ring (bicyclic) bond motifs is 5. The van der Waals surface area contributed by atoms with Gasteiger partial charge in [-0.15, -0.1) is 0 Å². The molecule has 3 atom stereocenters. The minimum absolute atomic E-state index is 0.121. The quantitative estimate of drug-likeness (QED) is 0.500. The fraction of sp³-hybridized carbons (Fsp3) is 0.400. The molecule has 0 amide bonds. The Hall–Kier alpha value is -2.21. The number of methoxy groups -OCH3 is 1. The van der Waals surface area contributed by atoms with E-state index in [-0.39, 0.29) is 24.1 Å². The number of para-hydroxylation sites is 1. The summed E-state index contributed by atoms with van der Waals surface area (Å²) in [4.78, 5) is 19.7. The summed E-state index contributed by atoms with van der Waals surface area (Å²) in [5.74, 6) is 0.723. The maximum atomic E-state index is 12.8. The first-order valence-electron chi connectivity index (χ1n) is 9.44. The van der Waals surface area contributed by atoms with Gasteiger partial charge in [0.2, 0.25) is 0 Å². The summed E-state index contributed by atoms with van der Waals surface area (Å²) in [5.41, 5.74) is 3.53. The lowest BCUT2D eigenvalue weighted by atomic mass is 9.90. The van der Waals surface area contributed by atoms with Crippen molar-refractivity contribution in [3.8, 4) is 0 Å². The molecule has 7 nitrogen and oxygen atoms in total. The molecule has 0 saturated carbocycles. The topological polar surface area (TPSA) is 61.5 Å². The SMILES string of the molecule is COC(=O)[C@@H]1Cc2c3n(c4ccccc24)P(OC)n2ccnc2[C@H]3N1C(C)C. The van der Waals surface area contributed by atoms with Gasteiger partial charge in [-0.25, -0.2) is 4.98 Å². The molecule has 3 aromatic rings. The minimum atomic E-state index is -1.09. The normalized spacial score (nSPS) is 23.7. The van der Waals surface area contributed by atoms with Crippen LogP contribution in [0.1, 0.15) is 37.0 Å². The Morgan fingerprint density at radius 2 is 2.07 bits per heavy atom. The highest BCUT2D eigenvalue weighted by atomic mass is 31.2. The van der Waals surface area contributed by atoms with E-state index in [0.29, 0.717) is 6.42 Å². The molecule has 5 rings (SSSR count). The van der Waals surface area contributed by atoms with Crippen LogP contribution < -0.4 is 0 Å². The summed E-state index contributed by atoms with van der Waals surface area (Å²) in [5, 5.41) is 1.18. The van der Waals surface area contributed by atoms with Crippen LogP contribution in [0.5, 0.6) is 0 Å². The van der Waals surface area contributed by atoms with Crippen molar-refractivity contribution < 1.29 is 14.1 Å². The third-order valence-electron chi connectivity index (χ3n) is 5.79. The Balaban J connectivity index is 1.87. The Labute approximate surface area is 164 Å². The zero-order valence-electron chi connectivity index (χ0n) is 16.4. The van der Waals surface area contributed by atoms with Crippen molar-refractivity contribution in [2.75, 3.05) is 14.2 Å². The van der Waals surface area contributed by atoms with Gasteiger partial charge in [0.1, 0.15) is 17.9 Å². The Kier molecular flexibility index (Phi) is 4.09. The van der Waals surface area contributed by atoms with Gasteiger partial charge >= 0.3 is 5.97 Å². The van der Waals surface area contributed by atoms with Gasteiger partial charge in [0, 0.05) is 37.4 Å². The minimum Gasteiger partial charge on any atom is -0.468 e. The van der Waals surface area contributed by atoms with E-state index in [1.54, 1.807) is 7.11 Å². The van der Waals surface area contributed by atoms with Crippen molar-refractivity contribution in [1.29, 1.82) is 0 Å². The highest BCUT2D eigenvalue weighted by molar-refractivity contribution is 7.49.